The molecule has 0 N–H and O–H groups in total. The van der Waals surface area contributed by atoms with E-state index in [0.29, 0.717) is 19.3 Å². The molecule has 0 saturated heterocycles. The van der Waals surface area contributed by atoms with Crippen molar-refractivity contribution in [3.8, 4) is 0 Å². The molecule has 0 aromatic rings. The summed E-state index contributed by atoms with van der Waals surface area (Å²) in [7, 11) is 0. The largest absolute Gasteiger partial charge is 0.462 e. The van der Waals surface area contributed by atoms with Crippen molar-refractivity contribution in [3.63, 3.8) is 0 Å². The number of ether oxygens (including phenoxy) is 3. The van der Waals surface area contributed by atoms with Crippen molar-refractivity contribution in [3.05, 3.63) is 60.8 Å². The zero-order valence-corrected chi connectivity index (χ0v) is 47.2. The Labute approximate surface area is 440 Å². The summed E-state index contributed by atoms with van der Waals surface area (Å²) in [6.45, 7) is 6.60. The van der Waals surface area contributed by atoms with E-state index in [1.807, 2.05) is 0 Å². The van der Waals surface area contributed by atoms with Crippen molar-refractivity contribution in [1.29, 1.82) is 0 Å². The molecule has 0 aliphatic carbocycles. The predicted molar refractivity (Wildman–Crippen MR) is 307 cm³/mol. The van der Waals surface area contributed by atoms with E-state index in [1.54, 1.807) is 0 Å². The Morgan fingerprint density at radius 3 is 0.817 bits per heavy atom. The summed E-state index contributed by atoms with van der Waals surface area (Å²) in [6.07, 6.45) is 75.0. The molecule has 0 spiro atoms. The van der Waals surface area contributed by atoms with Crippen molar-refractivity contribution >= 4 is 17.9 Å². The molecular formula is C65H116O6. The summed E-state index contributed by atoms with van der Waals surface area (Å²) in [5.74, 6) is -0.895. The van der Waals surface area contributed by atoms with Gasteiger partial charge in [0.15, 0.2) is 6.10 Å². The summed E-state index contributed by atoms with van der Waals surface area (Å²) < 4.78 is 16.9. The first-order chi connectivity index (χ1) is 35.0. The Morgan fingerprint density at radius 2 is 0.507 bits per heavy atom. The Bertz CT molecular complexity index is 1280. The molecule has 0 rings (SSSR count). The Kier molecular flexibility index (Phi) is 57.2. The lowest BCUT2D eigenvalue weighted by Gasteiger charge is -2.18. The quantitative estimate of drug-likeness (QED) is 0.0261. The molecule has 412 valence electrons. The molecule has 1 atom stereocenters. The maximum absolute atomic E-state index is 12.9. The topological polar surface area (TPSA) is 78.9 Å². The van der Waals surface area contributed by atoms with Crippen LogP contribution >= 0.6 is 0 Å². The van der Waals surface area contributed by atoms with Crippen molar-refractivity contribution in [2.45, 2.75) is 322 Å². The van der Waals surface area contributed by atoms with E-state index >= 15 is 0 Å². The van der Waals surface area contributed by atoms with E-state index in [0.717, 1.165) is 96.3 Å². The van der Waals surface area contributed by atoms with Gasteiger partial charge in [0.1, 0.15) is 13.2 Å². The molecule has 0 aromatic carbocycles. The second kappa shape index (κ2) is 59.7. The third-order valence-electron chi connectivity index (χ3n) is 13.5. The number of hydrogen-bond donors (Lipinski definition) is 0. The van der Waals surface area contributed by atoms with Crippen LogP contribution in [0.1, 0.15) is 316 Å². The van der Waals surface area contributed by atoms with Gasteiger partial charge >= 0.3 is 17.9 Å². The average Bonchev–Trinajstić information content (AvgIpc) is 3.37. The third-order valence-corrected chi connectivity index (χ3v) is 13.5. The zero-order chi connectivity index (χ0) is 51.4. The molecule has 0 aromatic heterocycles. The molecule has 0 aliphatic heterocycles. The summed E-state index contributed by atoms with van der Waals surface area (Å²) in [6, 6.07) is 0. The van der Waals surface area contributed by atoms with Crippen LogP contribution in [0, 0.1) is 0 Å². The number of carbonyl (C=O) groups is 3. The van der Waals surface area contributed by atoms with Gasteiger partial charge in [-0.15, -0.1) is 0 Å². The highest BCUT2D eigenvalue weighted by Gasteiger charge is 2.19. The summed E-state index contributed by atoms with van der Waals surface area (Å²) >= 11 is 0. The molecule has 0 heterocycles. The monoisotopic (exact) mass is 993 g/mol. The first kappa shape index (κ1) is 68.1. The van der Waals surface area contributed by atoms with E-state index in [4.69, 9.17) is 14.2 Å². The average molecular weight is 994 g/mol. The Morgan fingerprint density at radius 1 is 0.282 bits per heavy atom. The highest BCUT2D eigenvalue weighted by molar-refractivity contribution is 5.71. The van der Waals surface area contributed by atoms with Gasteiger partial charge in [-0.05, 0) is 89.9 Å². The van der Waals surface area contributed by atoms with E-state index in [2.05, 4.69) is 81.5 Å². The van der Waals surface area contributed by atoms with E-state index in [1.165, 1.54) is 180 Å². The summed E-state index contributed by atoms with van der Waals surface area (Å²) in [4.78, 5) is 38.3. The van der Waals surface area contributed by atoms with Gasteiger partial charge in [0.2, 0.25) is 0 Å². The van der Waals surface area contributed by atoms with E-state index in [9.17, 15) is 14.4 Å². The maximum atomic E-state index is 12.9. The standard InChI is InChI=1S/C65H116O6/c1-4-7-10-13-16-19-22-25-28-31-32-35-38-41-44-47-50-53-56-59-65(68)71-62(60-69-63(66)57-54-51-48-45-42-39-36-33-29-26-23-20-17-14-11-8-5-2)61-70-64(67)58-55-52-49-46-43-40-37-34-30-27-24-21-18-15-12-9-6-3/h17-18,20-21,26-27,29-30,36,39,62H,4-16,19,22-25,28,31-35,37-38,40-61H2,1-3H3/b20-17-,21-18-,29-26-,30-27-,39-36-/t62-/m1/s1. The zero-order valence-electron chi connectivity index (χ0n) is 47.2. The molecule has 0 amide bonds. The van der Waals surface area contributed by atoms with Gasteiger partial charge in [-0.2, -0.15) is 0 Å². The smallest absolute Gasteiger partial charge is 0.306 e. The predicted octanol–water partition coefficient (Wildman–Crippen LogP) is 20.8. The van der Waals surface area contributed by atoms with Crippen LogP contribution in [0.15, 0.2) is 60.8 Å². The molecule has 0 bridgehead atoms. The molecule has 71 heavy (non-hydrogen) atoms. The third kappa shape index (κ3) is 57.9. The number of unbranched alkanes of at least 4 members (excludes halogenated alkanes) is 35. The Hall–Kier alpha value is -2.89. The molecule has 0 radical (unpaired) electrons. The SMILES string of the molecule is CCCCC/C=C\C/C=C\C/C=C\CCCCCCC(=O)OC[C@H](COC(=O)CCCCCCCCC/C=C\C/C=C\CCCCC)OC(=O)CCCCCCCCCCCCCCCCCCCCC. The fourth-order valence-corrected chi connectivity index (χ4v) is 8.83. The normalized spacial score (nSPS) is 12.4. The second-order valence-electron chi connectivity index (χ2n) is 20.6. The van der Waals surface area contributed by atoms with Crippen LogP contribution in [0.5, 0.6) is 0 Å². The Balaban J connectivity index is 4.40. The number of allylic oxidation sites excluding steroid dienone is 10. The van der Waals surface area contributed by atoms with Gasteiger partial charge in [-0.25, -0.2) is 0 Å². The van der Waals surface area contributed by atoms with E-state index < -0.39 is 6.10 Å². The van der Waals surface area contributed by atoms with Crippen LogP contribution in [0.25, 0.3) is 0 Å². The first-order valence-corrected chi connectivity index (χ1v) is 30.8. The van der Waals surface area contributed by atoms with Crippen molar-refractivity contribution in [1.82, 2.24) is 0 Å². The van der Waals surface area contributed by atoms with Crippen LogP contribution < -0.4 is 0 Å². The summed E-state index contributed by atoms with van der Waals surface area (Å²) in [5, 5.41) is 0. The highest BCUT2D eigenvalue weighted by atomic mass is 16.6. The van der Waals surface area contributed by atoms with Crippen molar-refractivity contribution in [2.75, 3.05) is 13.2 Å². The number of hydrogen-bond acceptors (Lipinski definition) is 6. The van der Waals surface area contributed by atoms with Gasteiger partial charge in [0, 0.05) is 19.3 Å². The fraction of sp³-hybridized carbons (Fsp3) is 0.800. The lowest BCUT2D eigenvalue weighted by Crippen LogP contribution is -2.30. The molecular weight excluding hydrogens is 877 g/mol. The lowest BCUT2D eigenvalue weighted by molar-refractivity contribution is -0.167. The highest BCUT2D eigenvalue weighted by Crippen LogP contribution is 2.17. The van der Waals surface area contributed by atoms with Crippen LogP contribution in [-0.4, -0.2) is 37.2 Å². The van der Waals surface area contributed by atoms with Crippen molar-refractivity contribution < 1.29 is 28.6 Å². The minimum absolute atomic E-state index is 0.0831. The molecule has 0 fully saturated rings. The second-order valence-corrected chi connectivity index (χ2v) is 20.6. The lowest BCUT2D eigenvalue weighted by atomic mass is 10.0. The minimum atomic E-state index is -0.786. The molecule has 0 unspecified atom stereocenters. The number of rotatable bonds is 56. The minimum Gasteiger partial charge on any atom is -0.462 e. The van der Waals surface area contributed by atoms with Gasteiger partial charge in [-0.1, -0.05) is 268 Å². The van der Waals surface area contributed by atoms with Gasteiger partial charge in [0.05, 0.1) is 0 Å². The fourth-order valence-electron chi connectivity index (χ4n) is 8.83. The van der Waals surface area contributed by atoms with Crippen LogP contribution in [0.3, 0.4) is 0 Å². The van der Waals surface area contributed by atoms with E-state index in [-0.39, 0.29) is 31.1 Å². The number of esters is 3. The van der Waals surface area contributed by atoms with Crippen LogP contribution in [-0.2, 0) is 28.6 Å². The maximum Gasteiger partial charge on any atom is 0.306 e. The molecule has 6 nitrogen and oxygen atoms in total. The van der Waals surface area contributed by atoms with Crippen LogP contribution in [0.2, 0.25) is 0 Å². The molecule has 6 heteroatoms. The van der Waals surface area contributed by atoms with Gasteiger partial charge in [0.25, 0.3) is 0 Å². The van der Waals surface area contributed by atoms with Gasteiger partial charge in [-0.3, -0.25) is 14.4 Å². The number of carbonyl (C=O) groups excluding carboxylic acids is 3. The van der Waals surface area contributed by atoms with Crippen molar-refractivity contribution in [2.24, 2.45) is 0 Å². The van der Waals surface area contributed by atoms with Gasteiger partial charge < -0.3 is 14.2 Å². The van der Waals surface area contributed by atoms with Crippen LogP contribution in [0.4, 0.5) is 0 Å². The molecule has 0 aliphatic rings. The molecule has 0 saturated carbocycles. The first-order valence-electron chi connectivity index (χ1n) is 30.8. The summed E-state index contributed by atoms with van der Waals surface area (Å²) in [5.41, 5.74) is 0.